The number of benzene rings is 1. The average molecular weight is 344 g/mol. The van der Waals surface area contributed by atoms with E-state index >= 15 is 0 Å². The second kappa shape index (κ2) is 7.89. The van der Waals surface area contributed by atoms with Crippen LogP contribution in [0.2, 0.25) is 0 Å². The van der Waals surface area contributed by atoms with Gasteiger partial charge in [0.1, 0.15) is 5.75 Å². The lowest BCUT2D eigenvalue weighted by atomic mass is 9.87. The molecule has 0 saturated heterocycles. The van der Waals surface area contributed by atoms with E-state index in [1.807, 2.05) is 30.1 Å². The highest BCUT2D eigenvalue weighted by Gasteiger charge is 2.29. The van der Waals surface area contributed by atoms with E-state index in [0.717, 1.165) is 37.3 Å². The molecule has 25 heavy (non-hydrogen) atoms. The Labute approximate surface area is 149 Å². The first-order chi connectivity index (χ1) is 12.0. The van der Waals surface area contributed by atoms with E-state index in [1.54, 1.807) is 6.07 Å². The van der Waals surface area contributed by atoms with Gasteiger partial charge in [-0.15, -0.1) is 0 Å². The fraction of sp³-hybridized carbons (Fsp3) is 0.600. The highest BCUT2D eigenvalue weighted by molar-refractivity contribution is 5.94. The summed E-state index contributed by atoms with van der Waals surface area (Å²) in [6, 6.07) is 7.58. The summed E-state index contributed by atoms with van der Waals surface area (Å²) in [5, 5.41) is 2.90. The van der Waals surface area contributed by atoms with Gasteiger partial charge in [-0.05, 0) is 56.6 Å². The van der Waals surface area contributed by atoms with Gasteiger partial charge >= 0.3 is 0 Å². The van der Waals surface area contributed by atoms with Crippen LogP contribution in [0.4, 0.5) is 5.69 Å². The zero-order chi connectivity index (χ0) is 17.8. The number of carbonyl (C=O) groups excluding carboxylic acids is 2. The van der Waals surface area contributed by atoms with Gasteiger partial charge in [0.15, 0.2) is 6.61 Å². The van der Waals surface area contributed by atoms with E-state index < -0.39 is 0 Å². The van der Waals surface area contributed by atoms with Crippen LogP contribution >= 0.6 is 0 Å². The van der Waals surface area contributed by atoms with Crippen molar-refractivity contribution in [1.82, 2.24) is 4.90 Å². The molecular formula is C20H28N2O3. The van der Waals surface area contributed by atoms with E-state index in [0.29, 0.717) is 11.8 Å². The molecule has 0 unspecified atom stereocenters. The first-order valence-electron chi connectivity index (χ1n) is 9.32. The topological polar surface area (TPSA) is 58.6 Å². The predicted octanol–water partition coefficient (Wildman–Crippen LogP) is 3.45. The summed E-state index contributed by atoms with van der Waals surface area (Å²) in [5.41, 5.74) is 0.719. The normalized spacial score (nSPS) is 23.0. The summed E-state index contributed by atoms with van der Waals surface area (Å²) >= 11 is 0. The van der Waals surface area contributed by atoms with Gasteiger partial charge in [-0.1, -0.05) is 13.0 Å². The standard InChI is InChI=1S/C20H28N2O3/c1-14-6-10-17(11-7-14)22(2)19(23)13-25-18-5-3-4-16(12-18)21-20(24)15-8-9-15/h3-5,12,14-15,17H,6-11,13H2,1-2H3,(H,21,24). The summed E-state index contributed by atoms with van der Waals surface area (Å²) in [6.07, 6.45) is 6.47. The molecule has 1 N–H and O–H groups in total. The maximum Gasteiger partial charge on any atom is 0.260 e. The zero-order valence-corrected chi connectivity index (χ0v) is 15.2. The third-order valence-electron chi connectivity index (χ3n) is 5.34. The monoisotopic (exact) mass is 344 g/mol. The molecule has 0 atom stereocenters. The Morgan fingerprint density at radius 2 is 1.88 bits per heavy atom. The molecule has 2 aliphatic rings. The van der Waals surface area contributed by atoms with Crippen LogP contribution in [0, 0.1) is 11.8 Å². The number of nitrogens with zero attached hydrogens (tertiary/aromatic N) is 1. The molecule has 136 valence electrons. The van der Waals surface area contributed by atoms with Crippen LogP contribution < -0.4 is 10.1 Å². The van der Waals surface area contributed by atoms with E-state index in [1.165, 1.54) is 12.8 Å². The number of amides is 2. The molecular weight excluding hydrogens is 316 g/mol. The molecule has 0 heterocycles. The Balaban J connectivity index is 1.48. The molecule has 1 aromatic rings. The number of likely N-dealkylation sites (N-methyl/N-ethyl adjacent to an activating group) is 1. The predicted molar refractivity (Wildman–Crippen MR) is 97.5 cm³/mol. The SMILES string of the molecule is CC1CCC(N(C)C(=O)COc2cccc(NC(=O)C3CC3)c2)CC1. The van der Waals surface area contributed by atoms with Crippen molar-refractivity contribution in [2.24, 2.45) is 11.8 Å². The van der Waals surface area contributed by atoms with Crippen LogP contribution in [-0.2, 0) is 9.59 Å². The summed E-state index contributed by atoms with van der Waals surface area (Å²) in [6.45, 7) is 2.30. The second-order valence-electron chi connectivity index (χ2n) is 7.50. The molecule has 0 aliphatic heterocycles. The van der Waals surface area contributed by atoms with Crippen LogP contribution in [0.1, 0.15) is 45.4 Å². The number of rotatable bonds is 6. The molecule has 5 nitrogen and oxygen atoms in total. The van der Waals surface area contributed by atoms with Crippen molar-refractivity contribution in [3.05, 3.63) is 24.3 Å². The first kappa shape index (κ1) is 17.8. The maximum absolute atomic E-state index is 12.4. The van der Waals surface area contributed by atoms with Crippen LogP contribution in [0.3, 0.4) is 0 Å². The van der Waals surface area contributed by atoms with E-state index in [9.17, 15) is 9.59 Å². The van der Waals surface area contributed by atoms with E-state index in [4.69, 9.17) is 4.74 Å². The van der Waals surface area contributed by atoms with Crippen LogP contribution in [0.5, 0.6) is 5.75 Å². The van der Waals surface area contributed by atoms with Crippen molar-refractivity contribution in [2.75, 3.05) is 19.0 Å². The molecule has 0 radical (unpaired) electrons. The van der Waals surface area contributed by atoms with Crippen molar-refractivity contribution < 1.29 is 14.3 Å². The Morgan fingerprint density at radius 3 is 2.56 bits per heavy atom. The van der Waals surface area contributed by atoms with Crippen LogP contribution in [0.15, 0.2) is 24.3 Å². The molecule has 3 rings (SSSR count). The second-order valence-corrected chi connectivity index (χ2v) is 7.50. The molecule has 2 saturated carbocycles. The lowest BCUT2D eigenvalue weighted by Crippen LogP contribution is -2.41. The van der Waals surface area contributed by atoms with Crippen LogP contribution in [-0.4, -0.2) is 36.4 Å². The van der Waals surface area contributed by atoms with Gasteiger partial charge in [0.25, 0.3) is 5.91 Å². The third kappa shape index (κ3) is 4.97. The molecule has 0 aromatic heterocycles. The molecule has 0 spiro atoms. The minimum Gasteiger partial charge on any atom is -0.484 e. The number of hydrogen-bond acceptors (Lipinski definition) is 3. The summed E-state index contributed by atoms with van der Waals surface area (Å²) in [4.78, 5) is 26.1. The fourth-order valence-corrected chi connectivity index (χ4v) is 3.33. The largest absolute Gasteiger partial charge is 0.484 e. The van der Waals surface area contributed by atoms with Gasteiger partial charge in [-0.3, -0.25) is 9.59 Å². The van der Waals surface area contributed by atoms with Gasteiger partial charge < -0.3 is 15.0 Å². The Hall–Kier alpha value is -2.04. The van der Waals surface area contributed by atoms with Crippen LogP contribution in [0.25, 0.3) is 0 Å². The molecule has 0 bridgehead atoms. The molecule has 2 aliphatic carbocycles. The molecule has 2 fully saturated rings. The summed E-state index contributed by atoms with van der Waals surface area (Å²) < 4.78 is 5.66. The average Bonchev–Trinajstić information content (AvgIpc) is 3.45. The highest BCUT2D eigenvalue weighted by Crippen LogP contribution is 2.30. The van der Waals surface area contributed by atoms with Crippen molar-refractivity contribution in [1.29, 1.82) is 0 Å². The molecule has 2 amide bonds. The lowest BCUT2D eigenvalue weighted by Gasteiger charge is -2.33. The Kier molecular flexibility index (Phi) is 5.61. The van der Waals surface area contributed by atoms with Gasteiger partial charge in [0.05, 0.1) is 0 Å². The summed E-state index contributed by atoms with van der Waals surface area (Å²) in [5.74, 6) is 1.61. The fourth-order valence-electron chi connectivity index (χ4n) is 3.33. The number of nitrogens with one attached hydrogen (secondary N) is 1. The maximum atomic E-state index is 12.4. The first-order valence-corrected chi connectivity index (χ1v) is 9.32. The highest BCUT2D eigenvalue weighted by atomic mass is 16.5. The van der Waals surface area contributed by atoms with E-state index in [-0.39, 0.29) is 24.3 Å². The number of anilines is 1. The lowest BCUT2D eigenvalue weighted by molar-refractivity contribution is -0.134. The van der Waals surface area contributed by atoms with E-state index in [2.05, 4.69) is 12.2 Å². The number of hydrogen-bond donors (Lipinski definition) is 1. The van der Waals surface area contributed by atoms with Gasteiger partial charge in [0, 0.05) is 30.8 Å². The Morgan fingerprint density at radius 1 is 1.16 bits per heavy atom. The minimum absolute atomic E-state index is 0.00646. The smallest absolute Gasteiger partial charge is 0.260 e. The third-order valence-corrected chi connectivity index (χ3v) is 5.34. The molecule has 5 heteroatoms. The number of carbonyl (C=O) groups is 2. The summed E-state index contributed by atoms with van der Waals surface area (Å²) in [7, 11) is 1.87. The van der Waals surface area contributed by atoms with Crippen molar-refractivity contribution >= 4 is 17.5 Å². The minimum atomic E-state index is 0.00646. The zero-order valence-electron chi connectivity index (χ0n) is 15.2. The van der Waals surface area contributed by atoms with Crippen molar-refractivity contribution in [3.8, 4) is 5.75 Å². The van der Waals surface area contributed by atoms with Gasteiger partial charge in [-0.2, -0.15) is 0 Å². The van der Waals surface area contributed by atoms with Gasteiger partial charge in [0.2, 0.25) is 5.91 Å². The van der Waals surface area contributed by atoms with Crippen molar-refractivity contribution in [3.63, 3.8) is 0 Å². The van der Waals surface area contributed by atoms with Gasteiger partial charge in [-0.25, -0.2) is 0 Å². The Bertz CT molecular complexity index is 619. The molecule has 1 aromatic carbocycles. The number of ether oxygens (including phenoxy) is 1. The van der Waals surface area contributed by atoms with Crippen molar-refractivity contribution in [2.45, 2.75) is 51.5 Å². The quantitative estimate of drug-likeness (QED) is 0.860.